The highest BCUT2D eigenvalue weighted by atomic mass is 16.5. The molecule has 0 spiro atoms. The van der Waals surface area contributed by atoms with Crippen molar-refractivity contribution in [3.63, 3.8) is 0 Å². The molecule has 2 heterocycles. The average molecular weight is 318 g/mol. The fraction of sp³-hybridized carbons (Fsp3) is 0.647. The van der Waals surface area contributed by atoms with E-state index in [0.29, 0.717) is 38.1 Å². The highest BCUT2D eigenvalue weighted by molar-refractivity contribution is 5.78. The summed E-state index contributed by atoms with van der Waals surface area (Å²) < 4.78 is 5.78. The van der Waals surface area contributed by atoms with Gasteiger partial charge in [0, 0.05) is 12.6 Å². The summed E-state index contributed by atoms with van der Waals surface area (Å²) in [6.07, 6.45) is 4.80. The number of amides is 1. The van der Waals surface area contributed by atoms with Gasteiger partial charge in [0.05, 0.1) is 25.4 Å². The predicted molar refractivity (Wildman–Crippen MR) is 88.8 cm³/mol. The van der Waals surface area contributed by atoms with Gasteiger partial charge in [-0.3, -0.25) is 9.69 Å². The van der Waals surface area contributed by atoms with E-state index in [1.807, 2.05) is 17.0 Å². The Bertz CT molecular complexity index is 545. The maximum Gasteiger partial charge on any atom is 0.236 e. The number of nitrogens with zero attached hydrogens (tertiary/aromatic N) is 3. The summed E-state index contributed by atoms with van der Waals surface area (Å²) in [4.78, 5) is 21.0. The second-order valence-corrected chi connectivity index (χ2v) is 6.54. The molecule has 6 nitrogen and oxygen atoms in total. The third-order valence-electron chi connectivity index (χ3n) is 4.87. The topological polar surface area (TPSA) is 71.7 Å². The zero-order valence-corrected chi connectivity index (χ0v) is 13.8. The minimum absolute atomic E-state index is 0.177. The second-order valence-electron chi connectivity index (χ2n) is 6.54. The minimum atomic E-state index is -0.187. The summed E-state index contributed by atoms with van der Waals surface area (Å²) in [5, 5.41) is 0. The lowest BCUT2D eigenvalue weighted by atomic mass is 10.1. The van der Waals surface area contributed by atoms with Crippen molar-refractivity contribution in [3.05, 3.63) is 23.9 Å². The number of carbonyl (C=O) groups is 1. The SMILES string of the molecule is CN(CC(=O)N1CCOC(c2cccc(N)n2)C1)C1CCCC1. The molecular weight excluding hydrogens is 292 g/mol. The second kappa shape index (κ2) is 7.27. The first-order valence-corrected chi connectivity index (χ1v) is 8.45. The molecule has 6 heteroatoms. The van der Waals surface area contributed by atoms with Crippen LogP contribution < -0.4 is 5.73 Å². The van der Waals surface area contributed by atoms with Gasteiger partial charge in [-0.05, 0) is 32.0 Å². The maximum atomic E-state index is 12.6. The van der Waals surface area contributed by atoms with E-state index in [1.165, 1.54) is 25.7 Å². The zero-order valence-electron chi connectivity index (χ0n) is 13.8. The first-order valence-electron chi connectivity index (χ1n) is 8.45. The number of nitrogen functional groups attached to an aromatic ring is 1. The monoisotopic (exact) mass is 318 g/mol. The standard InChI is InChI=1S/C17H26N4O2/c1-20(13-5-2-3-6-13)12-17(22)21-9-10-23-15(11-21)14-7-4-8-16(18)19-14/h4,7-8,13,15H,2-3,5-6,9-12H2,1H3,(H2,18,19). The number of hydrogen-bond acceptors (Lipinski definition) is 5. The first-order chi connectivity index (χ1) is 11.1. The number of hydrogen-bond donors (Lipinski definition) is 1. The Kier molecular flexibility index (Phi) is 5.13. The largest absolute Gasteiger partial charge is 0.384 e. The number of rotatable bonds is 4. The summed E-state index contributed by atoms with van der Waals surface area (Å²) in [6.45, 7) is 2.23. The summed E-state index contributed by atoms with van der Waals surface area (Å²) in [6, 6.07) is 6.09. The van der Waals surface area contributed by atoms with Gasteiger partial charge in [0.1, 0.15) is 11.9 Å². The van der Waals surface area contributed by atoms with E-state index in [-0.39, 0.29) is 12.0 Å². The van der Waals surface area contributed by atoms with Gasteiger partial charge in [0.25, 0.3) is 0 Å². The summed E-state index contributed by atoms with van der Waals surface area (Å²) in [7, 11) is 2.06. The number of anilines is 1. The van der Waals surface area contributed by atoms with Crippen molar-refractivity contribution in [2.45, 2.75) is 37.8 Å². The Hall–Kier alpha value is -1.66. The van der Waals surface area contributed by atoms with Crippen molar-refractivity contribution in [2.24, 2.45) is 0 Å². The van der Waals surface area contributed by atoms with Crippen LogP contribution in [0.5, 0.6) is 0 Å². The van der Waals surface area contributed by atoms with Gasteiger partial charge >= 0.3 is 0 Å². The third kappa shape index (κ3) is 4.00. The van der Waals surface area contributed by atoms with Gasteiger partial charge in [-0.15, -0.1) is 0 Å². The molecule has 1 saturated heterocycles. The molecule has 2 aliphatic rings. The molecule has 1 amide bonds. The van der Waals surface area contributed by atoms with Gasteiger partial charge in [-0.25, -0.2) is 4.98 Å². The molecule has 1 unspecified atom stereocenters. The molecule has 0 aromatic carbocycles. The summed E-state index contributed by atoms with van der Waals surface area (Å²) in [5.41, 5.74) is 6.54. The molecule has 23 heavy (non-hydrogen) atoms. The van der Waals surface area contributed by atoms with Crippen LogP contribution in [0.3, 0.4) is 0 Å². The fourth-order valence-electron chi connectivity index (χ4n) is 3.49. The van der Waals surface area contributed by atoms with Crippen molar-refractivity contribution < 1.29 is 9.53 Å². The van der Waals surface area contributed by atoms with E-state index >= 15 is 0 Å². The molecule has 0 bridgehead atoms. The normalized spacial score (nSPS) is 22.7. The molecule has 1 aliphatic heterocycles. The molecule has 1 aliphatic carbocycles. The average Bonchev–Trinajstić information content (AvgIpc) is 3.09. The van der Waals surface area contributed by atoms with Gasteiger partial charge in [0.2, 0.25) is 5.91 Å². The Morgan fingerprint density at radius 3 is 2.96 bits per heavy atom. The van der Waals surface area contributed by atoms with E-state index < -0.39 is 0 Å². The van der Waals surface area contributed by atoms with Crippen molar-refractivity contribution in [1.29, 1.82) is 0 Å². The molecule has 1 saturated carbocycles. The number of carbonyl (C=O) groups excluding carboxylic acids is 1. The van der Waals surface area contributed by atoms with E-state index in [4.69, 9.17) is 10.5 Å². The lowest BCUT2D eigenvalue weighted by Crippen LogP contribution is -2.47. The molecular formula is C17H26N4O2. The Morgan fingerprint density at radius 1 is 1.43 bits per heavy atom. The Balaban J connectivity index is 1.58. The first kappa shape index (κ1) is 16.2. The number of likely N-dealkylation sites (N-methyl/N-ethyl adjacent to an activating group) is 1. The van der Waals surface area contributed by atoms with Crippen LogP contribution in [-0.2, 0) is 9.53 Å². The van der Waals surface area contributed by atoms with Crippen LogP contribution in [0.15, 0.2) is 18.2 Å². The van der Waals surface area contributed by atoms with E-state index in [0.717, 1.165) is 5.69 Å². The van der Waals surface area contributed by atoms with Gasteiger partial charge in [-0.1, -0.05) is 18.9 Å². The Labute approximate surface area is 137 Å². The zero-order chi connectivity index (χ0) is 16.2. The van der Waals surface area contributed by atoms with Crippen LogP contribution in [0.1, 0.15) is 37.5 Å². The lowest BCUT2D eigenvalue weighted by molar-refractivity contribution is -0.140. The van der Waals surface area contributed by atoms with Crippen LogP contribution in [0.2, 0.25) is 0 Å². The molecule has 1 atom stereocenters. The minimum Gasteiger partial charge on any atom is -0.384 e. The van der Waals surface area contributed by atoms with Crippen molar-refractivity contribution >= 4 is 11.7 Å². The van der Waals surface area contributed by atoms with Crippen molar-refractivity contribution in [1.82, 2.24) is 14.8 Å². The molecule has 3 rings (SSSR count). The quantitative estimate of drug-likeness (QED) is 0.909. The lowest BCUT2D eigenvalue weighted by Gasteiger charge is -2.34. The summed E-state index contributed by atoms with van der Waals surface area (Å²) >= 11 is 0. The van der Waals surface area contributed by atoms with E-state index in [9.17, 15) is 4.79 Å². The highest BCUT2D eigenvalue weighted by Gasteiger charge is 2.28. The van der Waals surface area contributed by atoms with Crippen LogP contribution >= 0.6 is 0 Å². The van der Waals surface area contributed by atoms with Crippen molar-refractivity contribution in [2.75, 3.05) is 39.0 Å². The van der Waals surface area contributed by atoms with Gasteiger partial charge < -0.3 is 15.4 Å². The van der Waals surface area contributed by atoms with E-state index in [2.05, 4.69) is 16.9 Å². The van der Waals surface area contributed by atoms with Crippen LogP contribution in [0.4, 0.5) is 5.82 Å². The molecule has 1 aromatic rings. The molecule has 0 radical (unpaired) electrons. The number of ether oxygens (including phenoxy) is 1. The molecule has 126 valence electrons. The number of morpholine rings is 1. The smallest absolute Gasteiger partial charge is 0.236 e. The van der Waals surface area contributed by atoms with Crippen molar-refractivity contribution in [3.8, 4) is 0 Å². The van der Waals surface area contributed by atoms with Crippen LogP contribution in [0, 0.1) is 0 Å². The molecule has 2 N–H and O–H groups in total. The Morgan fingerprint density at radius 2 is 2.22 bits per heavy atom. The third-order valence-corrected chi connectivity index (χ3v) is 4.87. The maximum absolute atomic E-state index is 12.6. The van der Waals surface area contributed by atoms with Crippen LogP contribution in [0.25, 0.3) is 0 Å². The summed E-state index contributed by atoms with van der Waals surface area (Å²) in [5.74, 6) is 0.659. The number of aromatic nitrogens is 1. The number of nitrogens with two attached hydrogens (primary N) is 1. The predicted octanol–water partition coefficient (Wildman–Crippen LogP) is 1.44. The van der Waals surface area contributed by atoms with E-state index in [1.54, 1.807) is 6.07 Å². The van der Waals surface area contributed by atoms with Gasteiger partial charge in [-0.2, -0.15) is 0 Å². The van der Waals surface area contributed by atoms with Crippen LogP contribution in [-0.4, -0.2) is 60.0 Å². The number of pyridine rings is 1. The molecule has 2 fully saturated rings. The van der Waals surface area contributed by atoms with Gasteiger partial charge in [0.15, 0.2) is 0 Å². The molecule has 1 aromatic heterocycles. The fourth-order valence-corrected chi connectivity index (χ4v) is 3.49. The highest BCUT2D eigenvalue weighted by Crippen LogP contribution is 2.24.